The van der Waals surface area contributed by atoms with Gasteiger partial charge in [-0.15, -0.1) is 0 Å². The summed E-state index contributed by atoms with van der Waals surface area (Å²) in [4.78, 5) is 44.3. The van der Waals surface area contributed by atoms with E-state index in [4.69, 9.17) is 18.9 Å². The van der Waals surface area contributed by atoms with Crippen molar-refractivity contribution in [1.82, 2.24) is 0 Å². The number of thiol groups is 1. The summed E-state index contributed by atoms with van der Waals surface area (Å²) in [5.41, 5.74) is 6.88. The molecule has 0 saturated carbocycles. The lowest BCUT2D eigenvalue weighted by Gasteiger charge is -2.26. The fourth-order valence-electron chi connectivity index (χ4n) is 8.77. The average molecular weight is 858 g/mol. The van der Waals surface area contributed by atoms with Crippen LogP contribution >= 0.6 is 12.6 Å². The largest absolute Gasteiger partial charge is 0.493 e. The molecule has 9 rings (SSSR count). The first-order chi connectivity index (χ1) is 30.0. The number of hydrogen-bond donors (Lipinski definition) is 6. The van der Waals surface area contributed by atoms with Crippen LogP contribution in [0.25, 0.3) is 0 Å². The second-order valence-corrected chi connectivity index (χ2v) is 16.9. The van der Waals surface area contributed by atoms with Gasteiger partial charge in [0.05, 0.1) is 48.8 Å². The van der Waals surface area contributed by atoms with Crippen LogP contribution in [-0.2, 0) is 30.8 Å². The molecule has 3 amide bonds. The Morgan fingerprint density at radius 2 is 1.19 bits per heavy atom. The number of carbonyl (C=O) groups is 3. The van der Waals surface area contributed by atoms with E-state index >= 15 is 0 Å². The molecule has 0 aliphatic carbocycles. The summed E-state index contributed by atoms with van der Waals surface area (Å²) in [6.45, 7) is 2.00. The fourth-order valence-corrected chi connectivity index (χ4v) is 8.90. The maximum Gasteiger partial charge on any atom is 0.260 e. The Morgan fingerprint density at radius 3 is 1.65 bits per heavy atom. The lowest BCUT2D eigenvalue weighted by molar-refractivity contribution is -0.116. The third-order valence-electron chi connectivity index (χ3n) is 11.8. The molecule has 0 aromatic heterocycles. The van der Waals surface area contributed by atoms with Crippen LogP contribution in [-0.4, -0.2) is 71.9 Å². The van der Waals surface area contributed by atoms with Gasteiger partial charge in [-0.25, -0.2) is 0 Å². The predicted molar refractivity (Wildman–Crippen MR) is 238 cm³/mol. The van der Waals surface area contributed by atoms with E-state index in [1.165, 1.54) is 14.2 Å². The zero-order valence-corrected chi connectivity index (χ0v) is 35.3. The minimum Gasteiger partial charge on any atom is -0.493 e. The molecule has 4 aliphatic heterocycles. The molecular weight excluding hydrogens is 811 g/mol. The molecule has 14 nitrogen and oxygen atoms in total. The molecule has 5 aromatic rings. The molecular formula is C47H47N5O9S. The van der Waals surface area contributed by atoms with E-state index in [0.29, 0.717) is 81.6 Å². The number of fused-ring (bicyclic) bond motifs is 8. The van der Waals surface area contributed by atoms with Gasteiger partial charge in [-0.3, -0.25) is 14.4 Å². The number of amides is 3. The quantitative estimate of drug-likeness (QED) is 0.0755. The SMILES string of the molecule is COc1cc2c(cc1OCc1cc(COc3cc4c(cc3OC)C(=O)N3c5ccccc5C[C@H]3C(O)N4)cc(NC(=O)CCC(C)S)c1)NC(O)[C@@H]1Cc3ccccc3N1C2=O. The molecule has 320 valence electrons. The van der Waals surface area contributed by atoms with E-state index in [1.54, 1.807) is 34.1 Å². The van der Waals surface area contributed by atoms with E-state index < -0.39 is 24.5 Å². The topological polar surface area (TPSA) is 171 Å². The van der Waals surface area contributed by atoms with Gasteiger partial charge in [0, 0.05) is 35.6 Å². The minimum atomic E-state index is -1.04. The summed E-state index contributed by atoms with van der Waals surface area (Å²) in [5.74, 6) is 0.611. The molecule has 0 saturated heterocycles. The van der Waals surface area contributed by atoms with E-state index in [-0.39, 0.29) is 42.6 Å². The Kier molecular flexibility index (Phi) is 11.1. The molecule has 4 aliphatic rings. The Bertz CT molecular complexity index is 2430. The number of hydrogen-bond acceptors (Lipinski definition) is 12. The average Bonchev–Trinajstić information content (AvgIpc) is 3.81. The van der Waals surface area contributed by atoms with Crippen LogP contribution in [0.5, 0.6) is 23.0 Å². The molecule has 0 fully saturated rings. The van der Waals surface area contributed by atoms with Crippen LogP contribution in [0, 0.1) is 0 Å². The van der Waals surface area contributed by atoms with Gasteiger partial charge in [-0.2, -0.15) is 12.6 Å². The third-order valence-corrected chi connectivity index (χ3v) is 12.0. The molecule has 5 atom stereocenters. The van der Waals surface area contributed by atoms with Gasteiger partial charge in [-0.05, 0) is 89.2 Å². The van der Waals surface area contributed by atoms with Crippen LogP contribution in [0.2, 0.25) is 0 Å². The summed E-state index contributed by atoms with van der Waals surface area (Å²) in [5, 5.41) is 31.9. The fraction of sp³-hybridized carbons (Fsp3) is 0.298. The molecule has 5 aromatic carbocycles. The molecule has 3 unspecified atom stereocenters. The lowest BCUT2D eigenvalue weighted by atomic mass is 10.1. The Balaban J connectivity index is 0.977. The van der Waals surface area contributed by atoms with Crippen LogP contribution < -0.4 is 44.7 Å². The van der Waals surface area contributed by atoms with Crippen molar-refractivity contribution in [3.63, 3.8) is 0 Å². The van der Waals surface area contributed by atoms with Crippen molar-refractivity contribution >= 4 is 58.8 Å². The highest BCUT2D eigenvalue weighted by atomic mass is 32.1. The summed E-state index contributed by atoms with van der Waals surface area (Å²) in [6.07, 6.45) is -0.210. The van der Waals surface area contributed by atoms with Crippen molar-refractivity contribution in [2.24, 2.45) is 0 Å². The van der Waals surface area contributed by atoms with E-state index in [9.17, 15) is 24.6 Å². The standard InChI is InChI=1S/C47H47N5O9S/c1-25(62)12-13-43(53)48-30-15-26(23-60-41-21-33-31(19-39(41)58-2)46(56)51-35-10-6-4-8-28(35)17-37(51)44(54)49-33)14-27(16-30)24-61-42-22-34-32(20-40(42)59-3)47(57)52-36-11-7-5-9-29(36)18-38(52)45(55)50-34/h4-11,14-16,19-22,25,37-38,44-45,49-50,54-55,62H,12-13,17-18,23-24H2,1-3H3,(H,48,53)/t25?,37-,38-,44?,45?/m0/s1. The van der Waals surface area contributed by atoms with Gasteiger partial charge in [0.15, 0.2) is 23.0 Å². The number of ether oxygens (including phenoxy) is 4. The highest BCUT2D eigenvalue weighted by molar-refractivity contribution is 7.80. The Hall–Kier alpha value is -6.42. The number of nitrogens with one attached hydrogen (secondary N) is 3. The molecule has 4 heterocycles. The first-order valence-corrected chi connectivity index (χ1v) is 21.0. The Morgan fingerprint density at radius 1 is 0.726 bits per heavy atom. The van der Waals surface area contributed by atoms with Gasteiger partial charge < -0.3 is 54.9 Å². The first kappa shape index (κ1) is 41.0. The van der Waals surface area contributed by atoms with Crippen LogP contribution in [0.3, 0.4) is 0 Å². The lowest BCUT2D eigenvalue weighted by Crippen LogP contribution is -2.45. The van der Waals surface area contributed by atoms with Gasteiger partial charge >= 0.3 is 0 Å². The van der Waals surface area contributed by atoms with Gasteiger partial charge in [0.25, 0.3) is 11.8 Å². The zero-order valence-electron chi connectivity index (χ0n) is 34.4. The molecule has 15 heteroatoms. The smallest absolute Gasteiger partial charge is 0.260 e. The zero-order chi connectivity index (χ0) is 43.2. The van der Waals surface area contributed by atoms with Gasteiger partial charge in [0.1, 0.15) is 25.7 Å². The van der Waals surface area contributed by atoms with E-state index in [1.807, 2.05) is 73.7 Å². The normalized spacial score (nSPS) is 19.8. The molecule has 62 heavy (non-hydrogen) atoms. The molecule has 0 spiro atoms. The number of aliphatic hydroxyl groups is 2. The minimum absolute atomic E-state index is 0.0328. The summed E-state index contributed by atoms with van der Waals surface area (Å²) in [6, 6.07) is 26.3. The highest BCUT2D eigenvalue weighted by Gasteiger charge is 2.43. The first-order valence-electron chi connectivity index (χ1n) is 20.5. The van der Waals surface area contributed by atoms with E-state index in [0.717, 1.165) is 22.5 Å². The Labute approximate surface area is 364 Å². The molecule has 0 bridgehead atoms. The summed E-state index contributed by atoms with van der Waals surface area (Å²) in [7, 11) is 2.99. The third kappa shape index (κ3) is 7.71. The monoisotopic (exact) mass is 857 g/mol. The highest BCUT2D eigenvalue weighted by Crippen LogP contribution is 2.44. The van der Waals surface area contributed by atoms with Crippen LogP contribution in [0.1, 0.15) is 62.7 Å². The number of para-hydroxylation sites is 2. The number of anilines is 5. The van der Waals surface area contributed by atoms with Crippen molar-refractivity contribution in [3.8, 4) is 23.0 Å². The number of benzene rings is 5. The number of nitrogens with zero attached hydrogens (tertiary/aromatic N) is 2. The number of aliphatic hydroxyl groups excluding tert-OH is 2. The molecule has 5 N–H and O–H groups in total. The van der Waals surface area contributed by atoms with Crippen molar-refractivity contribution in [2.45, 2.75) is 75.6 Å². The van der Waals surface area contributed by atoms with Gasteiger partial charge in [-0.1, -0.05) is 43.3 Å². The maximum absolute atomic E-state index is 14.0. The van der Waals surface area contributed by atoms with Crippen molar-refractivity contribution in [2.75, 3.05) is 40.0 Å². The van der Waals surface area contributed by atoms with Crippen molar-refractivity contribution < 1.29 is 43.5 Å². The summed E-state index contributed by atoms with van der Waals surface area (Å²) >= 11 is 4.42. The second kappa shape index (κ2) is 16.8. The van der Waals surface area contributed by atoms with E-state index in [2.05, 4.69) is 28.6 Å². The van der Waals surface area contributed by atoms with Crippen LogP contribution in [0.4, 0.5) is 28.4 Å². The summed E-state index contributed by atoms with van der Waals surface area (Å²) < 4.78 is 24.2. The second-order valence-electron chi connectivity index (χ2n) is 16.0. The maximum atomic E-state index is 14.0. The number of rotatable bonds is 12. The van der Waals surface area contributed by atoms with Crippen LogP contribution in [0.15, 0.2) is 91.0 Å². The predicted octanol–water partition coefficient (Wildman–Crippen LogP) is 6.53. The van der Waals surface area contributed by atoms with Crippen molar-refractivity contribution in [3.05, 3.63) is 124 Å². The van der Waals surface area contributed by atoms with Gasteiger partial charge in [0.2, 0.25) is 5.91 Å². The van der Waals surface area contributed by atoms with Crippen molar-refractivity contribution in [1.29, 1.82) is 0 Å². The number of methoxy groups -OCH3 is 2. The number of carbonyl (C=O) groups excluding carboxylic acids is 3. The molecule has 0 radical (unpaired) electrons.